The molecular weight excluding hydrogens is 416 g/mol. The van der Waals surface area contributed by atoms with Gasteiger partial charge in [-0.1, -0.05) is 42.5 Å². The van der Waals surface area contributed by atoms with E-state index in [-0.39, 0.29) is 10.7 Å². The number of anilines is 1. The molecule has 0 aliphatic carbocycles. The maximum Gasteiger partial charge on any atom is 0.243 e. The number of Topliss-reactive ketones (excluding diaryl/α,β-unsaturated/α-hetero) is 1. The summed E-state index contributed by atoms with van der Waals surface area (Å²) in [6, 6.07) is 21.6. The van der Waals surface area contributed by atoms with Crippen molar-refractivity contribution in [3.63, 3.8) is 0 Å². The lowest BCUT2D eigenvalue weighted by Crippen LogP contribution is -2.35. The second-order valence-corrected chi connectivity index (χ2v) is 8.85. The third-order valence-electron chi connectivity index (χ3n) is 4.47. The third-order valence-corrected chi connectivity index (χ3v) is 6.29. The Morgan fingerprint density at radius 3 is 2.16 bits per heavy atom. The molecule has 0 aliphatic heterocycles. The van der Waals surface area contributed by atoms with Gasteiger partial charge < -0.3 is 10.1 Å². The first-order valence-corrected chi connectivity index (χ1v) is 10.9. The fourth-order valence-electron chi connectivity index (χ4n) is 2.79. The summed E-state index contributed by atoms with van der Waals surface area (Å²) in [5.41, 5.74) is 0.835. The number of nitrogens with one attached hydrogen (secondary N) is 1. The van der Waals surface area contributed by atoms with Crippen LogP contribution in [0.2, 0.25) is 0 Å². The lowest BCUT2D eigenvalue weighted by atomic mass is 10.2. The van der Waals surface area contributed by atoms with Crippen molar-refractivity contribution in [3.8, 4) is 11.5 Å². The number of sulfonamides is 1. The van der Waals surface area contributed by atoms with Crippen molar-refractivity contribution in [1.29, 1.82) is 0 Å². The van der Waals surface area contributed by atoms with Crippen LogP contribution in [0.25, 0.3) is 0 Å². The molecule has 7 nitrogen and oxygen atoms in total. The van der Waals surface area contributed by atoms with Gasteiger partial charge in [-0.15, -0.1) is 0 Å². The number of benzene rings is 3. The fourth-order valence-corrected chi connectivity index (χ4v) is 3.92. The quantitative estimate of drug-likeness (QED) is 0.538. The molecule has 0 unspecified atom stereocenters. The van der Waals surface area contributed by atoms with Gasteiger partial charge in [-0.25, -0.2) is 8.42 Å². The van der Waals surface area contributed by atoms with Crippen molar-refractivity contribution in [1.82, 2.24) is 4.31 Å². The van der Waals surface area contributed by atoms with Crippen molar-refractivity contribution in [2.24, 2.45) is 0 Å². The molecule has 0 heterocycles. The van der Waals surface area contributed by atoms with Gasteiger partial charge in [0.25, 0.3) is 0 Å². The number of nitrogens with zero attached hydrogens (tertiary/aromatic N) is 1. The number of ketones is 1. The Kier molecular flexibility index (Phi) is 6.84. The van der Waals surface area contributed by atoms with E-state index in [1.165, 1.54) is 38.2 Å². The van der Waals surface area contributed by atoms with Crippen LogP contribution in [0.15, 0.2) is 83.8 Å². The first-order valence-electron chi connectivity index (χ1n) is 9.46. The highest BCUT2D eigenvalue weighted by Crippen LogP contribution is 2.29. The summed E-state index contributed by atoms with van der Waals surface area (Å²) in [5, 5.41) is 2.69. The highest BCUT2D eigenvalue weighted by Gasteiger charge is 2.23. The number of amides is 1. The molecule has 0 radical (unpaired) electrons. The van der Waals surface area contributed by atoms with Gasteiger partial charge in [0.15, 0.2) is 11.5 Å². The van der Waals surface area contributed by atoms with E-state index in [1.54, 1.807) is 36.4 Å². The minimum absolute atomic E-state index is 0.000566. The zero-order valence-corrected chi connectivity index (χ0v) is 17.9. The molecule has 0 saturated carbocycles. The van der Waals surface area contributed by atoms with Gasteiger partial charge in [0.05, 0.1) is 17.1 Å². The maximum atomic E-state index is 12.7. The highest BCUT2D eigenvalue weighted by atomic mass is 32.2. The lowest BCUT2D eigenvalue weighted by Gasteiger charge is -2.18. The molecule has 160 valence electrons. The fraction of sp³-hybridized carbons (Fsp3) is 0.130. The summed E-state index contributed by atoms with van der Waals surface area (Å²) < 4.78 is 32.2. The van der Waals surface area contributed by atoms with Crippen molar-refractivity contribution in [3.05, 3.63) is 84.4 Å². The van der Waals surface area contributed by atoms with Crippen LogP contribution in [0.5, 0.6) is 11.5 Å². The van der Waals surface area contributed by atoms with E-state index in [0.717, 1.165) is 4.31 Å². The lowest BCUT2D eigenvalue weighted by molar-refractivity contribution is -0.116. The Morgan fingerprint density at radius 2 is 1.52 bits per heavy atom. The molecule has 3 aromatic rings. The van der Waals surface area contributed by atoms with Gasteiger partial charge in [-0.05, 0) is 43.3 Å². The number of likely N-dealkylation sites (N-methyl/N-ethyl adjacent to an activating group) is 1. The van der Waals surface area contributed by atoms with Gasteiger partial charge >= 0.3 is 0 Å². The van der Waals surface area contributed by atoms with E-state index < -0.39 is 22.5 Å². The average Bonchev–Trinajstić information content (AvgIpc) is 2.75. The molecular formula is C23H22N2O5S. The second kappa shape index (κ2) is 9.55. The molecule has 0 saturated heterocycles. The highest BCUT2D eigenvalue weighted by molar-refractivity contribution is 7.89. The molecule has 31 heavy (non-hydrogen) atoms. The monoisotopic (exact) mass is 438 g/mol. The minimum atomic E-state index is -3.90. The van der Waals surface area contributed by atoms with Crippen molar-refractivity contribution in [2.75, 3.05) is 18.9 Å². The Balaban J connectivity index is 1.70. The number of para-hydroxylation sites is 3. The second-order valence-electron chi connectivity index (χ2n) is 6.80. The van der Waals surface area contributed by atoms with E-state index in [2.05, 4.69) is 5.32 Å². The molecule has 0 fully saturated rings. The molecule has 0 aliphatic rings. The predicted molar refractivity (Wildman–Crippen MR) is 118 cm³/mol. The van der Waals surface area contributed by atoms with Crippen molar-refractivity contribution < 1.29 is 22.7 Å². The molecule has 0 atom stereocenters. The smallest absolute Gasteiger partial charge is 0.243 e. The maximum absolute atomic E-state index is 12.7. The zero-order chi connectivity index (χ0) is 22.4. The van der Waals surface area contributed by atoms with E-state index >= 15 is 0 Å². The summed E-state index contributed by atoms with van der Waals surface area (Å²) in [6.07, 6.45) is 0. The van der Waals surface area contributed by atoms with Crippen LogP contribution in [0.4, 0.5) is 5.69 Å². The summed E-state index contributed by atoms with van der Waals surface area (Å²) >= 11 is 0. The number of hydrogen-bond donors (Lipinski definition) is 1. The Bertz CT molecular complexity index is 1180. The van der Waals surface area contributed by atoms with Gasteiger partial charge in [0.2, 0.25) is 15.9 Å². The van der Waals surface area contributed by atoms with E-state index in [1.807, 2.05) is 18.2 Å². The summed E-state index contributed by atoms with van der Waals surface area (Å²) in [6.45, 7) is 1.01. The number of hydrogen-bond acceptors (Lipinski definition) is 5. The van der Waals surface area contributed by atoms with Crippen molar-refractivity contribution >= 4 is 27.4 Å². The SMILES string of the molecule is CC(=O)c1ccc(S(=O)(=O)N(C)CC(=O)Nc2ccccc2Oc2ccccc2)cc1. The molecule has 0 spiro atoms. The predicted octanol–water partition coefficient (Wildman–Crippen LogP) is 3.94. The Labute approximate surface area is 181 Å². The number of rotatable bonds is 8. The standard InChI is InChI=1S/C23H22N2O5S/c1-17(26)18-12-14-20(15-13-18)31(28,29)25(2)16-23(27)24-21-10-6-7-11-22(21)30-19-8-4-3-5-9-19/h3-15H,16H2,1-2H3,(H,24,27). The molecule has 1 amide bonds. The molecule has 0 aromatic heterocycles. The summed E-state index contributed by atoms with van der Waals surface area (Å²) in [4.78, 5) is 23.9. The van der Waals surface area contributed by atoms with E-state index in [9.17, 15) is 18.0 Å². The molecule has 3 aromatic carbocycles. The first kappa shape index (κ1) is 22.2. The van der Waals surface area contributed by atoms with Crippen LogP contribution < -0.4 is 10.1 Å². The Hall–Kier alpha value is -3.49. The van der Waals surface area contributed by atoms with Crippen LogP contribution >= 0.6 is 0 Å². The Morgan fingerprint density at radius 1 is 0.903 bits per heavy atom. The summed E-state index contributed by atoms with van der Waals surface area (Å²) in [5.74, 6) is 0.369. The van der Waals surface area contributed by atoms with E-state index in [0.29, 0.717) is 22.7 Å². The number of carbonyl (C=O) groups is 2. The zero-order valence-electron chi connectivity index (χ0n) is 17.1. The van der Waals surface area contributed by atoms with E-state index in [4.69, 9.17) is 4.74 Å². The molecule has 8 heteroatoms. The molecule has 3 rings (SSSR count). The first-order chi connectivity index (χ1) is 14.8. The largest absolute Gasteiger partial charge is 0.455 e. The molecule has 0 bridgehead atoms. The minimum Gasteiger partial charge on any atom is -0.455 e. The van der Waals surface area contributed by atoms with Crippen LogP contribution in [-0.4, -0.2) is 38.0 Å². The third kappa shape index (κ3) is 5.56. The van der Waals surface area contributed by atoms with Gasteiger partial charge in [0, 0.05) is 12.6 Å². The van der Waals surface area contributed by atoms with Crippen LogP contribution in [0.3, 0.4) is 0 Å². The average molecular weight is 439 g/mol. The van der Waals surface area contributed by atoms with Crippen LogP contribution in [-0.2, 0) is 14.8 Å². The normalized spacial score (nSPS) is 11.2. The van der Waals surface area contributed by atoms with Crippen molar-refractivity contribution in [2.45, 2.75) is 11.8 Å². The van der Waals surface area contributed by atoms with Gasteiger partial charge in [-0.3, -0.25) is 9.59 Å². The van der Waals surface area contributed by atoms with Gasteiger partial charge in [-0.2, -0.15) is 4.31 Å². The van der Waals surface area contributed by atoms with Crippen LogP contribution in [0, 0.1) is 0 Å². The summed E-state index contributed by atoms with van der Waals surface area (Å²) in [7, 11) is -2.58. The topological polar surface area (TPSA) is 92.8 Å². The number of carbonyl (C=O) groups excluding carboxylic acids is 2. The van der Waals surface area contributed by atoms with Crippen LogP contribution in [0.1, 0.15) is 17.3 Å². The molecule has 1 N–H and O–H groups in total. The van der Waals surface area contributed by atoms with Gasteiger partial charge in [0.1, 0.15) is 5.75 Å². The number of ether oxygens (including phenoxy) is 1.